The number of hydrogen-bond acceptors (Lipinski definition) is 3. The number of likely N-dealkylation sites (N-methyl/N-ethyl adjacent to an activating group) is 1. The third-order valence-electron chi connectivity index (χ3n) is 2.79. The zero-order chi connectivity index (χ0) is 11.1. The van der Waals surface area contributed by atoms with Crippen LogP contribution in [-0.4, -0.2) is 50.6 Å². The van der Waals surface area contributed by atoms with E-state index < -0.39 is 0 Å². The molecule has 0 aromatic rings. The molecule has 1 fully saturated rings. The topological polar surface area (TPSA) is 44.4 Å². The molecule has 15 heavy (non-hydrogen) atoms. The highest BCUT2D eigenvalue weighted by Crippen LogP contribution is 2.16. The van der Waals surface area contributed by atoms with Crippen molar-refractivity contribution in [3.05, 3.63) is 0 Å². The van der Waals surface area contributed by atoms with E-state index in [1.54, 1.807) is 0 Å². The summed E-state index contributed by atoms with van der Waals surface area (Å²) in [5, 5.41) is 6.19. The lowest BCUT2D eigenvalue weighted by Gasteiger charge is -2.13. The molecule has 1 amide bonds. The van der Waals surface area contributed by atoms with Crippen LogP contribution in [-0.2, 0) is 4.79 Å². The summed E-state index contributed by atoms with van der Waals surface area (Å²) in [6.07, 6.45) is 5.07. The second-order valence-corrected chi connectivity index (χ2v) is 4.52. The number of carbonyl (C=O) groups excluding carboxylic acids is 1. The first-order chi connectivity index (χ1) is 7.18. The molecule has 0 spiro atoms. The maximum Gasteiger partial charge on any atom is 0.234 e. The van der Waals surface area contributed by atoms with E-state index in [2.05, 4.69) is 15.5 Å². The Hall–Kier alpha value is -0.610. The Morgan fingerprint density at radius 2 is 2.00 bits per heavy atom. The molecule has 0 unspecified atom stereocenters. The van der Waals surface area contributed by atoms with Gasteiger partial charge < -0.3 is 15.5 Å². The summed E-state index contributed by atoms with van der Waals surface area (Å²) >= 11 is 0. The Morgan fingerprint density at radius 1 is 1.33 bits per heavy atom. The van der Waals surface area contributed by atoms with Gasteiger partial charge in [0, 0.05) is 19.1 Å². The molecule has 1 aliphatic carbocycles. The van der Waals surface area contributed by atoms with Crippen molar-refractivity contribution in [3.63, 3.8) is 0 Å². The number of hydrogen-bond donors (Lipinski definition) is 2. The highest BCUT2D eigenvalue weighted by atomic mass is 16.1. The van der Waals surface area contributed by atoms with Crippen LogP contribution >= 0.6 is 0 Å². The van der Waals surface area contributed by atoms with Crippen molar-refractivity contribution in [2.45, 2.75) is 31.7 Å². The van der Waals surface area contributed by atoms with Gasteiger partial charge in [-0.3, -0.25) is 4.79 Å². The smallest absolute Gasteiger partial charge is 0.234 e. The molecule has 88 valence electrons. The van der Waals surface area contributed by atoms with E-state index in [1.165, 1.54) is 25.7 Å². The van der Waals surface area contributed by atoms with Crippen LogP contribution in [0.5, 0.6) is 0 Å². The van der Waals surface area contributed by atoms with Crippen molar-refractivity contribution in [2.75, 3.05) is 33.7 Å². The summed E-state index contributed by atoms with van der Waals surface area (Å²) in [7, 11) is 4.01. The van der Waals surface area contributed by atoms with E-state index in [-0.39, 0.29) is 5.91 Å². The molecule has 4 heteroatoms. The average molecular weight is 213 g/mol. The third kappa shape index (κ3) is 5.74. The number of rotatable bonds is 6. The molecule has 1 rings (SSSR count). The number of carbonyl (C=O) groups is 1. The molecule has 0 aliphatic heterocycles. The van der Waals surface area contributed by atoms with Gasteiger partial charge in [-0.1, -0.05) is 12.8 Å². The fourth-order valence-corrected chi connectivity index (χ4v) is 1.85. The van der Waals surface area contributed by atoms with Gasteiger partial charge in [-0.15, -0.1) is 0 Å². The van der Waals surface area contributed by atoms with Crippen LogP contribution in [0.25, 0.3) is 0 Å². The largest absolute Gasteiger partial charge is 0.354 e. The first-order valence-corrected chi connectivity index (χ1v) is 5.83. The van der Waals surface area contributed by atoms with E-state index in [1.807, 2.05) is 14.1 Å². The summed E-state index contributed by atoms with van der Waals surface area (Å²) in [6.45, 7) is 2.10. The first kappa shape index (κ1) is 12.5. The molecule has 4 nitrogen and oxygen atoms in total. The van der Waals surface area contributed by atoms with Crippen LogP contribution in [0.15, 0.2) is 0 Å². The molecular weight excluding hydrogens is 190 g/mol. The summed E-state index contributed by atoms with van der Waals surface area (Å²) in [5.74, 6) is 0.115. The minimum absolute atomic E-state index is 0.115. The van der Waals surface area contributed by atoms with Crippen molar-refractivity contribution >= 4 is 5.91 Å². The van der Waals surface area contributed by atoms with Gasteiger partial charge in [0.2, 0.25) is 5.91 Å². The highest BCUT2D eigenvalue weighted by Gasteiger charge is 2.14. The number of nitrogens with zero attached hydrogens (tertiary/aromatic N) is 1. The Bertz CT molecular complexity index is 188. The fraction of sp³-hybridized carbons (Fsp3) is 0.909. The van der Waals surface area contributed by atoms with E-state index in [0.717, 1.165) is 13.1 Å². The maximum absolute atomic E-state index is 11.4. The Labute approximate surface area is 92.4 Å². The molecule has 0 atom stereocenters. The van der Waals surface area contributed by atoms with Crippen molar-refractivity contribution in [1.29, 1.82) is 0 Å². The Morgan fingerprint density at radius 3 is 2.60 bits per heavy atom. The van der Waals surface area contributed by atoms with Gasteiger partial charge in [-0.25, -0.2) is 0 Å². The lowest BCUT2D eigenvalue weighted by molar-refractivity contribution is -0.120. The van der Waals surface area contributed by atoms with Gasteiger partial charge in [0.25, 0.3) is 0 Å². The van der Waals surface area contributed by atoms with Crippen molar-refractivity contribution < 1.29 is 4.79 Å². The molecule has 0 aromatic heterocycles. The standard InChI is InChI=1S/C11H23N3O/c1-14(2)8-7-12-11(15)9-13-10-5-3-4-6-10/h10,13H,3-9H2,1-2H3,(H,12,15). The molecular formula is C11H23N3O. The minimum atomic E-state index is 0.115. The van der Waals surface area contributed by atoms with Gasteiger partial charge >= 0.3 is 0 Å². The highest BCUT2D eigenvalue weighted by molar-refractivity contribution is 5.77. The van der Waals surface area contributed by atoms with Gasteiger partial charge in [0.15, 0.2) is 0 Å². The number of nitrogens with one attached hydrogen (secondary N) is 2. The zero-order valence-corrected chi connectivity index (χ0v) is 9.88. The second kappa shape index (κ2) is 6.80. The van der Waals surface area contributed by atoms with Crippen molar-refractivity contribution in [1.82, 2.24) is 15.5 Å². The monoisotopic (exact) mass is 213 g/mol. The molecule has 0 aromatic carbocycles. The zero-order valence-electron chi connectivity index (χ0n) is 9.88. The third-order valence-corrected chi connectivity index (χ3v) is 2.79. The fourth-order valence-electron chi connectivity index (χ4n) is 1.85. The predicted molar refractivity (Wildman–Crippen MR) is 61.8 cm³/mol. The number of amides is 1. The molecule has 2 N–H and O–H groups in total. The van der Waals surface area contributed by atoms with Crippen LogP contribution in [0.2, 0.25) is 0 Å². The first-order valence-electron chi connectivity index (χ1n) is 5.83. The lowest BCUT2D eigenvalue weighted by atomic mass is 10.2. The average Bonchev–Trinajstić information content (AvgIpc) is 2.66. The summed E-state index contributed by atoms with van der Waals surface area (Å²) in [5.41, 5.74) is 0. The van der Waals surface area contributed by atoms with Crippen LogP contribution in [0.4, 0.5) is 0 Å². The van der Waals surface area contributed by atoms with Crippen LogP contribution < -0.4 is 10.6 Å². The molecule has 1 saturated carbocycles. The Balaban J connectivity index is 1.98. The van der Waals surface area contributed by atoms with Gasteiger partial charge in [0.1, 0.15) is 0 Å². The summed E-state index contributed by atoms with van der Waals surface area (Å²) in [4.78, 5) is 13.4. The van der Waals surface area contributed by atoms with Gasteiger partial charge in [-0.2, -0.15) is 0 Å². The predicted octanol–water partition coefficient (Wildman–Crippen LogP) is 0.196. The maximum atomic E-state index is 11.4. The molecule has 1 aliphatic rings. The van der Waals surface area contributed by atoms with Crippen LogP contribution in [0, 0.1) is 0 Å². The normalized spacial score (nSPS) is 17.3. The van der Waals surface area contributed by atoms with E-state index in [4.69, 9.17) is 0 Å². The van der Waals surface area contributed by atoms with Crippen molar-refractivity contribution in [3.8, 4) is 0 Å². The minimum Gasteiger partial charge on any atom is -0.354 e. The van der Waals surface area contributed by atoms with Gasteiger partial charge in [-0.05, 0) is 26.9 Å². The summed E-state index contributed by atoms with van der Waals surface area (Å²) < 4.78 is 0. The van der Waals surface area contributed by atoms with E-state index >= 15 is 0 Å². The molecule has 0 radical (unpaired) electrons. The van der Waals surface area contributed by atoms with Crippen molar-refractivity contribution in [2.24, 2.45) is 0 Å². The molecule has 0 heterocycles. The van der Waals surface area contributed by atoms with Crippen LogP contribution in [0.3, 0.4) is 0 Å². The van der Waals surface area contributed by atoms with Gasteiger partial charge in [0.05, 0.1) is 6.54 Å². The van der Waals surface area contributed by atoms with E-state index in [0.29, 0.717) is 12.6 Å². The molecule has 0 bridgehead atoms. The SMILES string of the molecule is CN(C)CCNC(=O)CNC1CCCC1. The molecule has 0 saturated heterocycles. The summed E-state index contributed by atoms with van der Waals surface area (Å²) in [6, 6.07) is 0.574. The quantitative estimate of drug-likeness (QED) is 0.662. The van der Waals surface area contributed by atoms with Crippen LogP contribution in [0.1, 0.15) is 25.7 Å². The van der Waals surface area contributed by atoms with E-state index in [9.17, 15) is 4.79 Å². The lowest BCUT2D eigenvalue weighted by Crippen LogP contribution is -2.40. The second-order valence-electron chi connectivity index (χ2n) is 4.52. The Kier molecular flexibility index (Phi) is 5.65.